The number of rotatable bonds is 35. The molecule has 0 aliphatic carbocycles. The number of carbonyl (C=O) groups is 2. The van der Waals surface area contributed by atoms with E-state index in [0.717, 1.165) is 25.7 Å². The molecule has 0 fully saturated rings. The van der Waals surface area contributed by atoms with Gasteiger partial charge < -0.3 is 9.84 Å². The zero-order chi connectivity index (χ0) is 30.8. The van der Waals surface area contributed by atoms with Crippen LogP contribution in [0.1, 0.15) is 226 Å². The first-order valence-electron chi connectivity index (χ1n) is 19.0. The molecule has 0 aliphatic heterocycles. The Kier molecular flexibility index (Phi) is 33.6. The average molecular weight is 595 g/mol. The summed E-state index contributed by atoms with van der Waals surface area (Å²) in [4.78, 5) is 23.6. The number of aliphatic carboxylic acids is 1. The first-order valence-corrected chi connectivity index (χ1v) is 19.0. The highest BCUT2D eigenvalue weighted by Gasteiger charge is 2.17. The van der Waals surface area contributed by atoms with Gasteiger partial charge in [0, 0.05) is 6.42 Å². The number of ether oxygens (including phenoxy) is 1. The maximum Gasteiger partial charge on any atom is 0.307 e. The zero-order valence-electron chi connectivity index (χ0n) is 28.6. The maximum atomic E-state index is 12.3. The molecule has 0 spiro atoms. The first kappa shape index (κ1) is 40.9. The van der Waals surface area contributed by atoms with Crippen LogP contribution in [0, 0.1) is 0 Å². The van der Waals surface area contributed by atoms with Crippen molar-refractivity contribution in [2.24, 2.45) is 0 Å². The molecule has 0 aliphatic rings. The van der Waals surface area contributed by atoms with Gasteiger partial charge in [-0.3, -0.25) is 9.59 Å². The van der Waals surface area contributed by atoms with Crippen molar-refractivity contribution in [2.75, 3.05) is 0 Å². The van der Waals surface area contributed by atoms with Crippen LogP contribution in [0.15, 0.2) is 0 Å². The topological polar surface area (TPSA) is 63.6 Å². The smallest absolute Gasteiger partial charge is 0.307 e. The van der Waals surface area contributed by atoms with Crippen LogP contribution in [0.25, 0.3) is 0 Å². The third-order valence-electron chi connectivity index (χ3n) is 8.81. The molecule has 250 valence electrons. The van der Waals surface area contributed by atoms with E-state index in [9.17, 15) is 14.7 Å². The summed E-state index contributed by atoms with van der Waals surface area (Å²) in [6, 6.07) is 0. The molecule has 1 unspecified atom stereocenters. The zero-order valence-corrected chi connectivity index (χ0v) is 28.6. The predicted molar refractivity (Wildman–Crippen MR) is 181 cm³/mol. The second-order valence-corrected chi connectivity index (χ2v) is 13.1. The second kappa shape index (κ2) is 34.4. The highest BCUT2D eigenvalue weighted by atomic mass is 16.5. The highest BCUT2D eigenvalue weighted by Crippen LogP contribution is 2.17. The lowest BCUT2D eigenvalue weighted by Gasteiger charge is -2.16. The Morgan fingerprint density at radius 2 is 0.738 bits per heavy atom. The fourth-order valence-corrected chi connectivity index (χ4v) is 6.03. The van der Waals surface area contributed by atoms with Crippen LogP contribution in [-0.4, -0.2) is 23.1 Å². The number of esters is 1. The lowest BCUT2D eigenvalue weighted by Crippen LogP contribution is -2.21. The third kappa shape index (κ3) is 33.4. The molecule has 42 heavy (non-hydrogen) atoms. The van der Waals surface area contributed by atoms with Crippen LogP contribution >= 0.6 is 0 Å². The summed E-state index contributed by atoms with van der Waals surface area (Å²) in [5, 5.41) is 9.25. The standard InChI is InChI=1S/C38H74O4/c1-3-5-7-9-11-13-15-17-19-21-23-25-27-29-31-33-36(35-37(39)40)42-38(41)34-32-30-28-26-24-22-20-18-16-14-12-10-8-6-4-2/h36H,3-35H2,1-2H3,(H,39,40). The molecule has 0 aromatic carbocycles. The first-order chi connectivity index (χ1) is 20.6. The van der Waals surface area contributed by atoms with Crippen molar-refractivity contribution in [3.05, 3.63) is 0 Å². The van der Waals surface area contributed by atoms with E-state index in [2.05, 4.69) is 13.8 Å². The monoisotopic (exact) mass is 595 g/mol. The summed E-state index contributed by atoms with van der Waals surface area (Å²) in [6.07, 6.45) is 39.8. The van der Waals surface area contributed by atoms with Gasteiger partial charge in [0.15, 0.2) is 0 Å². The molecule has 0 saturated carbocycles. The summed E-state index contributed by atoms with van der Waals surface area (Å²) < 4.78 is 5.58. The Morgan fingerprint density at radius 1 is 0.452 bits per heavy atom. The van der Waals surface area contributed by atoms with E-state index in [0.29, 0.717) is 12.8 Å². The molecule has 4 nitrogen and oxygen atoms in total. The molecule has 4 heteroatoms. The molecular weight excluding hydrogens is 520 g/mol. The van der Waals surface area contributed by atoms with Gasteiger partial charge in [-0.15, -0.1) is 0 Å². The van der Waals surface area contributed by atoms with Gasteiger partial charge >= 0.3 is 11.9 Å². The number of carbonyl (C=O) groups excluding carboxylic acids is 1. The van der Waals surface area contributed by atoms with Crippen LogP contribution in [0.2, 0.25) is 0 Å². The van der Waals surface area contributed by atoms with E-state index < -0.39 is 12.1 Å². The highest BCUT2D eigenvalue weighted by molar-refractivity contribution is 5.71. The molecule has 0 aromatic heterocycles. The minimum atomic E-state index is -0.874. The van der Waals surface area contributed by atoms with E-state index in [-0.39, 0.29) is 12.4 Å². The second-order valence-electron chi connectivity index (χ2n) is 13.1. The Morgan fingerprint density at radius 3 is 1.05 bits per heavy atom. The lowest BCUT2D eigenvalue weighted by atomic mass is 10.0. The number of carboxylic acid groups (broad SMARTS) is 1. The van der Waals surface area contributed by atoms with E-state index in [4.69, 9.17) is 4.74 Å². The molecule has 0 aromatic rings. The molecule has 0 saturated heterocycles. The molecule has 1 atom stereocenters. The van der Waals surface area contributed by atoms with Crippen molar-refractivity contribution >= 4 is 11.9 Å². The summed E-state index contributed by atoms with van der Waals surface area (Å²) in [7, 11) is 0. The van der Waals surface area contributed by atoms with Gasteiger partial charge in [-0.2, -0.15) is 0 Å². The maximum absolute atomic E-state index is 12.3. The van der Waals surface area contributed by atoms with Gasteiger partial charge in [-0.1, -0.05) is 194 Å². The molecule has 0 rings (SSSR count). The van der Waals surface area contributed by atoms with Crippen molar-refractivity contribution in [2.45, 2.75) is 232 Å². The van der Waals surface area contributed by atoms with Crippen molar-refractivity contribution in [1.82, 2.24) is 0 Å². The average Bonchev–Trinajstić information content (AvgIpc) is 2.96. The van der Waals surface area contributed by atoms with E-state index in [1.165, 1.54) is 167 Å². The van der Waals surface area contributed by atoms with Gasteiger partial charge in [-0.25, -0.2) is 0 Å². The van der Waals surface area contributed by atoms with Gasteiger partial charge in [0.2, 0.25) is 0 Å². The fourth-order valence-electron chi connectivity index (χ4n) is 6.03. The third-order valence-corrected chi connectivity index (χ3v) is 8.81. The molecule has 0 amide bonds. The normalized spacial score (nSPS) is 12.0. The number of hydrogen-bond acceptors (Lipinski definition) is 3. The van der Waals surface area contributed by atoms with Crippen molar-refractivity contribution in [3.63, 3.8) is 0 Å². The molecule has 0 heterocycles. The van der Waals surface area contributed by atoms with Crippen LogP contribution in [0.4, 0.5) is 0 Å². The Bertz CT molecular complexity index is 561. The van der Waals surface area contributed by atoms with E-state index in [1.54, 1.807) is 0 Å². The van der Waals surface area contributed by atoms with Gasteiger partial charge in [0.25, 0.3) is 0 Å². The van der Waals surface area contributed by atoms with Crippen LogP contribution in [0.3, 0.4) is 0 Å². The van der Waals surface area contributed by atoms with E-state index in [1.807, 2.05) is 0 Å². The molecule has 0 radical (unpaired) electrons. The van der Waals surface area contributed by atoms with Crippen LogP contribution < -0.4 is 0 Å². The van der Waals surface area contributed by atoms with Crippen molar-refractivity contribution < 1.29 is 19.4 Å². The number of carboxylic acids is 1. The largest absolute Gasteiger partial charge is 0.481 e. The number of hydrogen-bond donors (Lipinski definition) is 1. The summed E-state index contributed by atoms with van der Waals surface area (Å²) in [5.74, 6) is -1.09. The van der Waals surface area contributed by atoms with Gasteiger partial charge in [0.1, 0.15) is 6.10 Å². The van der Waals surface area contributed by atoms with Gasteiger partial charge in [0.05, 0.1) is 6.42 Å². The minimum Gasteiger partial charge on any atom is -0.481 e. The van der Waals surface area contributed by atoms with E-state index >= 15 is 0 Å². The Balaban J connectivity index is 3.60. The Labute approximate surface area is 262 Å². The summed E-state index contributed by atoms with van der Waals surface area (Å²) in [6.45, 7) is 4.55. The fraction of sp³-hybridized carbons (Fsp3) is 0.947. The quantitative estimate of drug-likeness (QED) is 0.0585. The van der Waals surface area contributed by atoms with Crippen LogP contribution in [-0.2, 0) is 14.3 Å². The molecule has 1 N–H and O–H groups in total. The SMILES string of the molecule is CCCCCCCCCCCCCCCCCC(=O)OC(CCCCCCCCCCCCCCCCC)CC(=O)O. The van der Waals surface area contributed by atoms with Crippen molar-refractivity contribution in [1.29, 1.82) is 0 Å². The predicted octanol–water partition coefficient (Wildman–Crippen LogP) is 12.9. The molecular formula is C38H74O4. The Hall–Kier alpha value is -1.06. The van der Waals surface area contributed by atoms with Crippen LogP contribution in [0.5, 0.6) is 0 Å². The van der Waals surface area contributed by atoms with Crippen molar-refractivity contribution in [3.8, 4) is 0 Å². The lowest BCUT2D eigenvalue weighted by molar-refractivity contribution is -0.153. The molecule has 0 bridgehead atoms. The summed E-state index contributed by atoms with van der Waals surface area (Å²) in [5.41, 5.74) is 0. The number of unbranched alkanes of at least 4 members (excludes halogenated alkanes) is 28. The van der Waals surface area contributed by atoms with Gasteiger partial charge in [-0.05, 0) is 19.3 Å². The summed E-state index contributed by atoms with van der Waals surface area (Å²) >= 11 is 0. The minimum absolute atomic E-state index is 0.0663.